The number of fused-ring (bicyclic) bond motifs is 1. The van der Waals surface area contributed by atoms with Gasteiger partial charge in [0.05, 0.1) is 12.2 Å². The van der Waals surface area contributed by atoms with Crippen molar-refractivity contribution in [3.05, 3.63) is 51.6 Å². The van der Waals surface area contributed by atoms with E-state index in [2.05, 4.69) is 41.7 Å². The van der Waals surface area contributed by atoms with Crippen LogP contribution < -0.4 is 5.73 Å². The van der Waals surface area contributed by atoms with Crippen LogP contribution in [0.15, 0.2) is 30.5 Å². The Morgan fingerprint density at radius 1 is 1.35 bits per heavy atom. The summed E-state index contributed by atoms with van der Waals surface area (Å²) >= 11 is 6.77. The molecule has 20 heavy (non-hydrogen) atoms. The van der Waals surface area contributed by atoms with Crippen molar-refractivity contribution in [3.63, 3.8) is 0 Å². The molecular weight excluding hydrogens is 286 g/mol. The Morgan fingerprint density at radius 2 is 2.15 bits per heavy atom. The van der Waals surface area contributed by atoms with Gasteiger partial charge in [0.15, 0.2) is 0 Å². The number of rotatable bonds is 3. The van der Waals surface area contributed by atoms with Crippen LogP contribution in [0, 0.1) is 13.8 Å². The van der Waals surface area contributed by atoms with Gasteiger partial charge in [0.1, 0.15) is 10.00 Å². The summed E-state index contributed by atoms with van der Waals surface area (Å²) in [5.74, 6) is 0. The van der Waals surface area contributed by atoms with E-state index in [1.54, 1.807) is 11.3 Å². The summed E-state index contributed by atoms with van der Waals surface area (Å²) in [7, 11) is 0. The van der Waals surface area contributed by atoms with Crippen molar-refractivity contribution >= 4 is 39.4 Å². The Hall–Kier alpha value is -1.72. The summed E-state index contributed by atoms with van der Waals surface area (Å²) in [5, 5.41) is 2.29. The van der Waals surface area contributed by atoms with E-state index in [0.29, 0.717) is 4.99 Å². The molecule has 3 aromatic rings. The molecule has 0 bridgehead atoms. The van der Waals surface area contributed by atoms with E-state index in [-0.39, 0.29) is 0 Å². The average molecular weight is 301 g/mol. The van der Waals surface area contributed by atoms with E-state index in [4.69, 9.17) is 18.0 Å². The highest BCUT2D eigenvalue weighted by Gasteiger charge is 2.07. The van der Waals surface area contributed by atoms with Gasteiger partial charge in [-0.3, -0.25) is 0 Å². The maximum absolute atomic E-state index is 5.67. The maximum Gasteiger partial charge on any atom is 0.113 e. The van der Waals surface area contributed by atoms with Crippen LogP contribution in [0.25, 0.3) is 10.9 Å². The molecule has 0 atom stereocenters. The van der Waals surface area contributed by atoms with Crippen molar-refractivity contribution in [1.29, 1.82) is 0 Å². The predicted molar refractivity (Wildman–Crippen MR) is 88.5 cm³/mol. The van der Waals surface area contributed by atoms with Crippen LogP contribution in [0.4, 0.5) is 0 Å². The minimum absolute atomic E-state index is 0.436. The minimum Gasteiger partial charge on any atom is -0.389 e. The molecule has 0 aliphatic carbocycles. The molecule has 0 aliphatic heterocycles. The van der Waals surface area contributed by atoms with Crippen molar-refractivity contribution in [3.8, 4) is 0 Å². The predicted octanol–water partition coefficient (Wildman–Crippen LogP) is 3.40. The number of nitrogens with two attached hydrogens (primary N) is 1. The third-order valence-electron chi connectivity index (χ3n) is 3.43. The van der Waals surface area contributed by atoms with Gasteiger partial charge in [-0.05, 0) is 38.1 Å². The van der Waals surface area contributed by atoms with Crippen LogP contribution in [0.2, 0.25) is 0 Å². The van der Waals surface area contributed by atoms with Gasteiger partial charge in [-0.1, -0.05) is 12.2 Å². The first-order valence-corrected chi connectivity index (χ1v) is 7.58. The van der Waals surface area contributed by atoms with Crippen molar-refractivity contribution in [2.75, 3.05) is 0 Å². The van der Waals surface area contributed by atoms with Gasteiger partial charge in [0.25, 0.3) is 0 Å². The molecule has 102 valence electrons. The van der Waals surface area contributed by atoms with Crippen LogP contribution >= 0.6 is 23.6 Å². The molecule has 0 amide bonds. The second-order valence-corrected chi connectivity index (χ2v) is 6.56. The molecule has 3 nitrogen and oxygen atoms in total. The molecule has 0 spiro atoms. The molecule has 2 aromatic heterocycles. The molecule has 2 N–H and O–H groups in total. The summed E-state index contributed by atoms with van der Waals surface area (Å²) in [6.45, 7) is 4.96. The lowest BCUT2D eigenvalue weighted by molar-refractivity contribution is 0.824. The van der Waals surface area contributed by atoms with E-state index in [1.165, 1.54) is 10.4 Å². The van der Waals surface area contributed by atoms with Gasteiger partial charge in [-0.2, -0.15) is 0 Å². The zero-order valence-corrected chi connectivity index (χ0v) is 13.0. The van der Waals surface area contributed by atoms with Crippen LogP contribution in [-0.4, -0.2) is 14.5 Å². The van der Waals surface area contributed by atoms with Gasteiger partial charge < -0.3 is 10.3 Å². The Balaban J connectivity index is 1.98. The molecule has 3 rings (SSSR count). The summed E-state index contributed by atoms with van der Waals surface area (Å²) in [6.07, 6.45) is 2.08. The minimum atomic E-state index is 0.436. The highest BCUT2D eigenvalue weighted by Crippen LogP contribution is 2.22. The molecule has 1 aromatic carbocycles. The lowest BCUT2D eigenvalue weighted by Crippen LogP contribution is -2.08. The van der Waals surface area contributed by atoms with E-state index >= 15 is 0 Å². The third-order valence-corrected chi connectivity index (χ3v) is 4.73. The first kappa shape index (κ1) is 13.3. The normalized spacial score (nSPS) is 11.1. The summed E-state index contributed by atoms with van der Waals surface area (Å²) < 4.78 is 2.20. The SMILES string of the molecule is Cc1nc(Cn2ccc3cc(C(N)=S)ccc32)sc1C. The summed E-state index contributed by atoms with van der Waals surface area (Å²) in [4.78, 5) is 6.32. The number of thiocarbonyl (C=S) groups is 1. The van der Waals surface area contributed by atoms with Crippen LogP contribution in [0.1, 0.15) is 21.1 Å². The molecule has 0 saturated carbocycles. The number of benzene rings is 1. The first-order valence-electron chi connectivity index (χ1n) is 6.36. The van der Waals surface area contributed by atoms with Crippen LogP contribution in [-0.2, 0) is 6.54 Å². The number of nitrogens with zero attached hydrogens (tertiary/aromatic N) is 2. The average Bonchev–Trinajstić information content (AvgIpc) is 2.94. The highest BCUT2D eigenvalue weighted by molar-refractivity contribution is 7.80. The molecule has 2 heterocycles. The number of aromatic nitrogens is 2. The Labute approximate surface area is 127 Å². The maximum atomic E-state index is 5.67. The third kappa shape index (κ3) is 2.34. The number of hydrogen-bond donors (Lipinski definition) is 1. The van der Waals surface area contributed by atoms with E-state index in [1.807, 2.05) is 12.1 Å². The number of aryl methyl sites for hydroxylation is 2. The molecular formula is C15H15N3S2. The monoisotopic (exact) mass is 301 g/mol. The van der Waals surface area contributed by atoms with Gasteiger partial charge in [0, 0.05) is 27.5 Å². The van der Waals surface area contributed by atoms with Crippen LogP contribution in [0.3, 0.4) is 0 Å². The lowest BCUT2D eigenvalue weighted by atomic mass is 10.1. The lowest BCUT2D eigenvalue weighted by Gasteiger charge is -2.04. The van der Waals surface area contributed by atoms with E-state index < -0.39 is 0 Å². The van der Waals surface area contributed by atoms with Crippen molar-refractivity contribution in [2.45, 2.75) is 20.4 Å². The quantitative estimate of drug-likeness (QED) is 0.754. The molecule has 0 radical (unpaired) electrons. The largest absolute Gasteiger partial charge is 0.389 e. The Bertz CT molecular complexity index is 779. The van der Waals surface area contributed by atoms with Gasteiger partial charge in [-0.25, -0.2) is 4.98 Å². The number of thiazole rings is 1. The summed E-state index contributed by atoms with van der Waals surface area (Å²) in [5.41, 5.74) is 8.88. The molecule has 0 unspecified atom stereocenters. The van der Waals surface area contributed by atoms with E-state index in [0.717, 1.165) is 28.2 Å². The number of hydrogen-bond acceptors (Lipinski definition) is 3. The highest BCUT2D eigenvalue weighted by atomic mass is 32.1. The Morgan fingerprint density at radius 3 is 2.80 bits per heavy atom. The van der Waals surface area contributed by atoms with Crippen LogP contribution in [0.5, 0.6) is 0 Å². The Kier molecular flexibility index (Phi) is 3.31. The molecule has 5 heteroatoms. The summed E-state index contributed by atoms with van der Waals surface area (Å²) in [6, 6.07) is 8.16. The second kappa shape index (κ2) is 5.00. The fourth-order valence-electron chi connectivity index (χ4n) is 2.24. The zero-order valence-electron chi connectivity index (χ0n) is 11.4. The van der Waals surface area contributed by atoms with Gasteiger partial charge in [0.2, 0.25) is 0 Å². The fourth-order valence-corrected chi connectivity index (χ4v) is 3.30. The first-order chi connectivity index (χ1) is 9.54. The van der Waals surface area contributed by atoms with Crippen molar-refractivity contribution in [1.82, 2.24) is 9.55 Å². The van der Waals surface area contributed by atoms with Gasteiger partial charge in [-0.15, -0.1) is 11.3 Å². The molecule has 0 fully saturated rings. The van der Waals surface area contributed by atoms with Gasteiger partial charge >= 0.3 is 0 Å². The van der Waals surface area contributed by atoms with E-state index in [9.17, 15) is 0 Å². The molecule has 0 saturated heterocycles. The fraction of sp³-hybridized carbons (Fsp3) is 0.200. The smallest absolute Gasteiger partial charge is 0.113 e. The van der Waals surface area contributed by atoms with Crippen molar-refractivity contribution in [2.24, 2.45) is 5.73 Å². The topological polar surface area (TPSA) is 43.8 Å². The second-order valence-electron chi connectivity index (χ2n) is 4.83. The van der Waals surface area contributed by atoms with Crippen molar-refractivity contribution < 1.29 is 0 Å². The molecule has 0 aliphatic rings. The zero-order chi connectivity index (χ0) is 14.3. The standard InChI is InChI=1S/C15H15N3S2/c1-9-10(2)20-14(17-9)8-18-6-5-11-7-12(15(16)19)3-4-13(11)18/h3-7H,8H2,1-2H3,(H2,16,19).